The zero-order chi connectivity index (χ0) is 88.6. The lowest BCUT2D eigenvalue weighted by Crippen LogP contribution is -2.12. The third-order valence-corrected chi connectivity index (χ3v) is 18.7. The summed E-state index contributed by atoms with van der Waals surface area (Å²) in [6.45, 7) is 82.8. The van der Waals surface area contributed by atoms with Crippen LogP contribution in [0, 0.1) is 13.8 Å². The Balaban J connectivity index is 0.00000129. The molecular formula is C108H163N9. The lowest BCUT2D eigenvalue weighted by atomic mass is 9.85. The van der Waals surface area contributed by atoms with Crippen molar-refractivity contribution in [2.24, 2.45) is 30.0 Å². The smallest absolute Gasteiger partial charge is 0.173 e. The van der Waals surface area contributed by atoms with Gasteiger partial charge in [-0.1, -0.05) is 390 Å². The molecule has 7 heterocycles. The second-order valence-corrected chi connectivity index (χ2v) is 36.1. The minimum atomic E-state index is 0. The van der Waals surface area contributed by atoms with Crippen LogP contribution in [0.5, 0.6) is 0 Å². The van der Waals surface area contributed by atoms with E-state index < -0.39 is 0 Å². The number of nitrogens with zero attached hydrogens (tertiary/aromatic N) is 9. The maximum absolute atomic E-state index is 4.46. The summed E-state index contributed by atoms with van der Waals surface area (Å²) < 4.78 is 0. The largest absolute Gasteiger partial charge is 0.261 e. The van der Waals surface area contributed by atoms with E-state index in [-0.39, 0.29) is 50.7 Å². The molecule has 0 spiro atoms. The monoisotopic (exact) mass is 1590 g/mol. The normalized spacial score (nSPS) is 13.0. The lowest BCUT2D eigenvalue weighted by Gasteiger charge is -2.19. The minimum absolute atomic E-state index is 0. The van der Waals surface area contributed by atoms with Crippen LogP contribution in [0.2, 0.25) is 0 Å². The van der Waals surface area contributed by atoms with E-state index in [9.17, 15) is 0 Å². The summed E-state index contributed by atoms with van der Waals surface area (Å²) in [5, 5.41) is 0. The van der Waals surface area contributed by atoms with E-state index in [4.69, 9.17) is 0 Å². The summed E-state index contributed by atoms with van der Waals surface area (Å²) in [7, 11) is 0. The van der Waals surface area contributed by atoms with Gasteiger partial charge in [-0.25, -0.2) is 9.98 Å². The molecule has 0 radical (unpaired) electrons. The van der Waals surface area contributed by atoms with Gasteiger partial charge in [0.2, 0.25) is 0 Å². The molecule has 9 nitrogen and oxygen atoms in total. The van der Waals surface area contributed by atoms with Crippen molar-refractivity contribution in [3.8, 4) is 0 Å². The zero-order valence-corrected chi connectivity index (χ0v) is 80.3. The quantitative estimate of drug-likeness (QED) is 0.172. The first kappa shape index (κ1) is 108. The van der Waals surface area contributed by atoms with Gasteiger partial charge in [0.25, 0.3) is 0 Å². The van der Waals surface area contributed by atoms with Gasteiger partial charge in [-0.2, -0.15) is 0 Å². The Labute approximate surface area is 718 Å². The van der Waals surface area contributed by atoms with Crippen molar-refractivity contribution < 1.29 is 0 Å². The Kier molecular flexibility index (Phi) is 47.5. The standard InChI is InChI=1S/C13H16N2.C13H16.C12H15N3.3C12H15N.C11H16.C10H15N.6C2H6.CH4/c1-13(2,3)11-6-4-10(5-7-11)12-14-8-9-15-12;1-13(2,3)12-8-7-10-5-4-6-11(10)9-12;1-12(2,3)9-4-5-10(15-8-9)11-13-6-7-14-11;2*1-12(2,3)10-5-4-9-6-7-13-11(9)8-10;1-12(2,3)10-7-9-5-4-6-11(9)13-8-10;1-9-5-7-10(8-6-9)11(2,3)4;1-8-5-6-9(7-11-8)10(2,3)4;6*1-2;/h4-8H,9H2,1-3H3;4,6-9H,5H2,1-3H3;4-6,8H,7H2,1-3H3;3*4-5,7-8H,6H2,1-3H3;5-8H,1-4H3;5-7H,1-4H3;6*1-2H3;1H4. The van der Waals surface area contributed by atoms with Gasteiger partial charge in [-0.15, -0.1) is 0 Å². The van der Waals surface area contributed by atoms with Gasteiger partial charge < -0.3 is 0 Å². The van der Waals surface area contributed by atoms with Crippen LogP contribution in [0.25, 0.3) is 12.2 Å². The van der Waals surface area contributed by atoms with Gasteiger partial charge in [0.1, 0.15) is 5.69 Å². The number of allylic oxidation sites excluding steroid dienone is 2. The van der Waals surface area contributed by atoms with Gasteiger partial charge in [0.15, 0.2) is 11.7 Å². The molecule has 5 aromatic carbocycles. The molecule has 9 heteroatoms. The molecule has 0 fully saturated rings. The molecule has 14 rings (SSSR count). The Morgan fingerprint density at radius 1 is 0.274 bits per heavy atom. The number of rotatable bonds is 2. The molecule has 0 amide bonds. The van der Waals surface area contributed by atoms with Crippen molar-refractivity contribution in [2.75, 3.05) is 13.1 Å². The minimum Gasteiger partial charge on any atom is -0.261 e. The van der Waals surface area contributed by atoms with E-state index in [0.717, 1.165) is 72.2 Å². The van der Waals surface area contributed by atoms with Crippen LogP contribution in [0.1, 0.15) is 357 Å². The highest BCUT2D eigenvalue weighted by Crippen LogP contribution is 2.34. The van der Waals surface area contributed by atoms with E-state index in [1.54, 1.807) is 6.21 Å². The fraction of sp³-hybridized carbons (Fsp3) is 0.491. The molecule has 8 aromatic rings. The number of amidine groups is 2. The fourth-order valence-electron chi connectivity index (χ4n) is 11.3. The van der Waals surface area contributed by atoms with E-state index in [0.29, 0.717) is 6.54 Å². The number of fused-ring (bicyclic) bond motifs is 4. The number of benzene rings is 5. The number of hydrogen-bond acceptors (Lipinski definition) is 9. The van der Waals surface area contributed by atoms with Crippen LogP contribution in [0.15, 0.2) is 194 Å². The number of aryl methyl sites for hydroxylation is 2. The highest BCUT2D eigenvalue weighted by Gasteiger charge is 2.22. The first-order chi connectivity index (χ1) is 54.4. The number of aliphatic imine (C=N–C) groups is 6. The SMILES string of the molecule is C.CC.CC.CC.CC.CC.CC.CC(C)(C)c1ccc(C2=NCC=N2)cc1.CC(C)(C)c1ccc(C2=NCC=N2)nc1.CC(C)(C)c1ccc2c(c1)C=CC2.CC(C)(C)c1ccc2c(c1)N=CC2.CC(C)(C)c1ccc2c(c1)N=CC2.CC(C)(C)c1cnc2c(c1)C=CC2.Cc1ccc(C(C)(C)C)cc1.Cc1ccc(C(C)(C)C)cn1. The zero-order valence-electron chi connectivity index (χ0n) is 80.3. The highest BCUT2D eigenvalue weighted by atomic mass is 15.0. The predicted molar refractivity (Wildman–Crippen MR) is 528 cm³/mol. The molecule has 640 valence electrons. The third kappa shape index (κ3) is 37.7. The Morgan fingerprint density at radius 2 is 0.615 bits per heavy atom. The van der Waals surface area contributed by atoms with Crippen LogP contribution < -0.4 is 0 Å². The predicted octanol–water partition coefficient (Wildman–Crippen LogP) is 30.8. The molecule has 0 unspecified atom stereocenters. The summed E-state index contributed by atoms with van der Waals surface area (Å²) in [5.41, 5.74) is 27.3. The van der Waals surface area contributed by atoms with Crippen LogP contribution in [0.3, 0.4) is 0 Å². The molecule has 3 aromatic heterocycles. The summed E-state index contributed by atoms with van der Waals surface area (Å²) in [5.74, 6) is 1.60. The van der Waals surface area contributed by atoms with Crippen molar-refractivity contribution in [3.63, 3.8) is 0 Å². The van der Waals surface area contributed by atoms with Crippen molar-refractivity contribution in [3.05, 3.63) is 265 Å². The van der Waals surface area contributed by atoms with Crippen LogP contribution in [-0.2, 0) is 69.0 Å². The fourth-order valence-corrected chi connectivity index (χ4v) is 11.3. The van der Waals surface area contributed by atoms with Crippen LogP contribution >= 0.6 is 0 Å². The molecule has 6 aliphatic rings. The Hall–Kier alpha value is -8.95. The van der Waals surface area contributed by atoms with E-state index >= 15 is 0 Å². The number of hydrogen-bond donors (Lipinski definition) is 0. The molecule has 2 aliphatic carbocycles. The maximum Gasteiger partial charge on any atom is 0.173 e. The van der Waals surface area contributed by atoms with E-state index in [2.05, 4.69) is 370 Å². The highest BCUT2D eigenvalue weighted by molar-refractivity contribution is 6.06. The summed E-state index contributed by atoms with van der Waals surface area (Å²) >= 11 is 0. The Bertz CT molecular complexity index is 3960. The second kappa shape index (κ2) is 51.4. The molecule has 0 saturated carbocycles. The van der Waals surface area contributed by atoms with Crippen molar-refractivity contribution in [2.45, 2.75) is 340 Å². The molecule has 0 N–H and O–H groups in total. The molecule has 0 bridgehead atoms. The summed E-state index contributed by atoms with van der Waals surface area (Å²) in [6.07, 6.45) is 26.4. The number of pyridine rings is 3. The molecule has 0 atom stereocenters. The van der Waals surface area contributed by atoms with Gasteiger partial charge in [-0.3, -0.25) is 34.9 Å². The summed E-state index contributed by atoms with van der Waals surface area (Å²) in [6, 6.07) is 47.9. The van der Waals surface area contributed by atoms with Crippen LogP contribution in [-0.4, -0.2) is 64.6 Å². The van der Waals surface area contributed by atoms with Crippen LogP contribution in [0.4, 0.5) is 11.4 Å². The van der Waals surface area contributed by atoms with Gasteiger partial charge in [0, 0.05) is 74.0 Å². The number of aromatic nitrogens is 3. The molecular weight excluding hydrogens is 1420 g/mol. The average molecular weight is 1590 g/mol. The van der Waals surface area contributed by atoms with E-state index in [1.165, 1.54) is 83.6 Å². The van der Waals surface area contributed by atoms with Gasteiger partial charge in [-0.05, 0) is 166 Å². The molecule has 117 heavy (non-hydrogen) atoms. The van der Waals surface area contributed by atoms with Crippen molar-refractivity contribution >= 4 is 60.1 Å². The summed E-state index contributed by atoms with van der Waals surface area (Å²) in [4.78, 5) is 38.7. The van der Waals surface area contributed by atoms with Gasteiger partial charge >= 0.3 is 0 Å². The lowest BCUT2D eigenvalue weighted by molar-refractivity contribution is 0.586. The maximum atomic E-state index is 4.46. The van der Waals surface area contributed by atoms with Crippen molar-refractivity contribution in [1.82, 2.24) is 15.0 Å². The third-order valence-electron chi connectivity index (χ3n) is 18.7. The second-order valence-electron chi connectivity index (χ2n) is 36.1. The Morgan fingerprint density at radius 3 is 1.00 bits per heavy atom. The molecule has 4 aliphatic heterocycles. The van der Waals surface area contributed by atoms with Gasteiger partial charge in [0.05, 0.1) is 30.2 Å². The topological polar surface area (TPSA) is 113 Å². The first-order valence-corrected chi connectivity index (χ1v) is 43.4. The first-order valence-electron chi connectivity index (χ1n) is 43.4. The average Bonchev–Trinajstić information content (AvgIpc) is 1.13. The molecule has 0 saturated heterocycles. The van der Waals surface area contributed by atoms with Crippen molar-refractivity contribution in [1.29, 1.82) is 0 Å². The van der Waals surface area contributed by atoms with E-state index in [1.807, 2.05) is 133 Å².